The molecule has 2 rings (SSSR count). The first-order valence-corrected chi connectivity index (χ1v) is 8.17. The zero-order valence-electron chi connectivity index (χ0n) is 13.6. The molecule has 5 nitrogen and oxygen atoms in total. The molecule has 3 N–H and O–H groups in total. The molecule has 0 aliphatic carbocycles. The second-order valence-corrected chi connectivity index (χ2v) is 7.08. The Labute approximate surface area is 124 Å². The van der Waals surface area contributed by atoms with Gasteiger partial charge >= 0.3 is 0 Å². The molecular formula is C15H33N5. The topological polar surface area (TPSA) is 47.8 Å². The first kappa shape index (κ1) is 16.2. The summed E-state index contributed by atoms with van der Waals surface area (Å²) in [4.78, 5) is 4.97. The van der Waals surface area contributed by atoms with Crippen LogP contribution in [0.25, 0.3) is 0 Å². The first-order chi connectivity index (χ1) is 9.53. The number of piperazine rings is 1. The molecule has 2 saturated heterocycles. The maximum atomic E-state index is 6.11. The van der Waals surface area contributed by atoms with E-state index in [4.69, 9.17) is 5.73 Å². The van der Waals surface area contributed by atoms with Crippen LogP contribution in [0.3, 0.4) is 0 Å². The normalized spacial score (nSPS) is 26.2. The lowest BCUT2D eigenvalue weighted by Crippen LogP contribution is -2.65. The van der Waals surface area contributed by atoms with Crippen molar-refractivity contribution < 1.29 is 0 Å². The number of hydrazine groups is 1. The number of nitrogens with one attached hydrogen (secondary N) is 1. The molecule has 0 aromatic carbocycles. The molecule has 0 aromatic heterocycles. The van der Waals surface area contributed by atoms with Gasteiger partial charge in [0.2, 0.25) is 0 Å². The van der Waals surface area contributed by atoms with Gasteiger partial charge in [0.25, 0.3) is 0 Å². The van der Waals surface area contributed by atoms with Crippen molar-refractivity contribution in [3.8, 4) is 0 Å². The van der Waals surface area contributed by atoms with Crippen LogP contribution in [-0.2, 0) is 0 Å². The maximum Gasteiger partial charge on any atom is 0.0472 e. The molecule has 2 heterocycles. The lowest BCUT2D eigenvalue weighted by atomic mass is 9.88. The number of likely N-dealkylation sites (tertiary alicyclic amines) is 1. The van der Waals surface area contributed by atoms with Crippen LogP contribution < -0.4 is 11.2 Å². The molecule has 5 heteroatoms. The average Bonchev–Trinajstić information content (AvgIpc) is 2.43. The SMILES string of the molecule is CC(C)CN1CCC(CN)(NN2CCN(C)CC2)CC1. The molecule has 2 fully saturated rings. The molecule has 0 aromatic rings. The molecule has 0 bridgehead atoms. The van der Waals surface area contributed by atoms with E-state index in [2.05, 4.69) is 41.1 Å². The van der Waals surface area contributed by atoms with Gasteiger partial charge in [-0.1, -0.05) is 13.8 Å². The predicted molar refractivity (Wildman–Crippen MR) is 84.5 cm³/mol. The lowest BCUT2D eigenvalue weighted by molar-refractivity contribution is 0.0222. The highest BCUT2D eigenvalue weighted by Gasteiger charge is 2.35. The maximum absolute atomic E-state index is 6.11. The number of nitrogens with two attached hydrogens (primary N) is 1. The minimum Gasteiger partial charge on any atom is -0.329 e. The van der Waals surface area contributed by atoms with E-state index in [0.717, 1.165) is 38.6 Å². The van der Waals surface area contributed by atoms with Crippen molar-refractivity contribution in [3.05, 3.63) is 0 Å². The molecule has 20 heavy (non-hydrogen) atoms. The minimum absolute atomic E-state index is 0.128. The Balaban J connectivity index is 1.82. The highest BCUT2D eigenvalue weighted by Crippen LogP contribution is 2.22. The van der Waals surface area contributed by atoms with Crippen molar-refractivity contribution in [1.82, 2.24) is 20.2 Å². The van der Waals surface area contributed by atoms with E-state index in [1.165, 1.54) is 32.5 Å². The number of nitrogens with zero attached hydrogens (tertiary/aromatic N) is 3. The summed E-state index contributed by atoms with van der Waals surface area (Å²) < 4.78 is 0. The zero-order chi connectivity index (χ0) is 14.6. The van der Waals surface area contributed by atoms with E-state index < -0.39 is 0 Å². The highest BCUT2D eigenvalue weighted by molar-refractivity contribution is 4.94. The molecule has 0 radical (unpaired) electrons. The van der Waals surface area contributed by atoms with Crippen LogP contribution in [0.5, 0.6) is 0 Å². The summed E-state index contributed by atoms with van der Waals surface area (Å²) in [6, 6.07) is 0. The summed E-state index contributed by atoms with van der Waals surface area (Å²) in [6.07, 6.45) is 2.34. The van der Waals surface area contributed by atoms with Crippen LogP contribution in [0.2, 0.25) is 0 Å². The zero-order valence-corrected chi connectivity index (χ0v) is 13.6. The van der Waals surface area contributed by atoms with Gasteiger partial charge in [-0.25, -0.2) is 10.4 Å². The predicted octanol–water partition coefficient (Wildman–Crippen LogP) is 0.188. The largest absolute Gasteiger partial charge is 0.329 e. The molecule has 118 valence electrons. The van der Waals surface area contributed by atoms with Crippen molar-refractivity contribution in [2.24, 2.45) is 11.7 Å². The lowest BCUT2D eigenvalue weighted by Gasteiger charge is -2.46. The van der Waals surface area contributed by atoms with Crippen molar-refractivity contribution >= 4 is 0 Å². The smallest absolute Gasteiger partial charge is 0.0472 e. The van der Waals surface area contributed by atoms with Crippen LogP contribution in [-0.4, -0.2) is 79.8 Å². The number of likely N-dealkylation sites (N-methyl/N-ethyl adjacent to an activating group) is 1. The first-order valence-electron chi connectivity index (χ1n) is 8.17. The minimum atomic E-state index is 0.128. The van der Waals surface area contributed by atoms with Crippen molar-refractivity contribution in [1.29, 1.82) is 0 Å². The van der Waals surface area contributed by atoms with Gasteiger partial charge in [0.15, 0.2) is 0 Å². The van der Waals surface area contributed by atoms with E-state index in [1.54, 1.807) is 0 Å². The summed E-state index contributed by atoms with van der Waals surface area (Å²) in [5.41, 5.74) is 10.0. The van der Waals surface area contributed by atoms with Crippen LogP contribution in [0.1, 0.15) is 26.7 Å². The third-order valence-corrected chi connectivity index (χ3v) is 4.73. The van der Waals surface area contributed by atoms with Crippen molar-refractivity contribution in [2.45, 2.75) is 32.2 Å². The van der Waals surface area contributed by atoms with Gasteiger partial charge in [0.05, 0.1) is 0 Å². The van der Waals surface area contributed by atoms with Crippen molar-refractivity contribution in [2.75, 3.05) is 59.4 Å². The summed E-state index contributed by atoms with van der Waals surface area (Å²) in [5.74, 6) is 0.756. The van der Waals surface area contributed by atoms with Gasteiger partial charge in [0, 0.05) is 44.8 Å². The second-order valence-electron chi connectivity index (χ2n) is 7.08. The number of hydrogen-bond acceptors (Lipinski definition) is 5. The van der Waals surface area contributed by atoms with Crippen molar-refractivity contribution in [3.63, 3.8) is 0 Å². The number of hydrogen-bond donors (Lipinski definition) is 2. The van der Waals surface area contributed by atoms with E-state index in [-0.39, 0.29) is 5.54 Å². The van der Waals surface area contributed by atoms with Crippen LogP contribution >= 0.6 is 0 Å². The Morgan fingerprint density at radius 2 is 1.65 bits per heavy atom. The molecule has 0 atom stereocenters. The molecule has 0 unspecified atom stereocenters. The van der Waals surface area contributed by atoms with E-state index in [1.807, 2.05) is 0 Å². The Morgan fingerprint density at radius 1 is 1.05 bits per heavy atom. The van der Waals surface area contributed by atoms with E-state index >= 15 is 0 Å². The summed E-state index contributed by atoms with van der Waals surface area (Å²) >= 11 is 0. The molecular weight excluding hydrogens is 250 g/mol. The Hall–Kier alpha value is -0.200. The highest BCUT2D eigenvalue weighted by atomic mass is 15.6. The quantitative estimate of drug-likeness (QED) is 0.754. The van der Waals surface area contributed by atoms with E-state index in [0.29, 0.717) is 0 Å². The Bertz CT molecular complexity index is 278. The number of piperidine rings is 1. The molecule has 2 aliphatic heterocycles. The molecule has 2 aliphatic rings. The molecule has 0 spiro atoms. The van der Waals surface area contributed by atoms with E-state index in [9.17, 15) is 0 Å². The molecule has 0 saturated carbocycles. The fourth-order valence-corrected chi connectivity index (χ4v) is 3.30. The summed E-state index contributed by atoms with van der Waals surface area (Å²) in [5, 5.41) is 2.39. The van der Waals surface area contributed by atoms with Gasteiger partial charge in [-0.3, -0.25) is 0 Å². The van der Waals surface area contributed by atoms with Crippen LogP contribution in [0, 0.1) is 5.92 Å². The second kappa shape index (κ2) is 7.18. The van der Waals surface area contributed by atoms with Gasteiger partial charge in [0.1, 0.15) is 0 Å². The third-order valence-electron chi connectivity index (χ3n) is 4.73. The fourth-order valence-electron chi connectivity index (χ4n) is 3.30. The monoisotopic (exact) mass is 283 g/mol. The van der Waals surface area contributed by atoms with Gasteiger partial charge in [-0.15, -0.1) is 0 Å². The molecule has 0 amide bonds. The van der Waals surface area contributed by atoms with Crippen LogP contribution in [0.4, 0.5) is 0 Å². The average molecular weight is 283 g/mol. The fraction of sp³-hybridized carbons (Fsp3) is 1.00. The summed E-state index contributed by atoms with van der Waals surface area (Å²) in [6.45, 7) is 13.4. The van der Waals surface area contributed by atoms with Crippen LogP contribution in [0.15, 0.2) is 0 Å². The Morgan fingerprint density at radius 3 is 2.15 bits per heavy atom. The summed E-state index contributed by atoms with van der Waals surface area (Å²) in [7, 11) is 2.19. The Kier molecular flexibility index (Phi) is 5.81. The number of rotatable bonds is 5. The van der Waals surface area contributed by atoms with Gasteiger partial charge in [-0.2, -0.15) is 0 Å². The van der Waals surface area contributed by atoms with Gasteiger partial charge < -0.3 is 15.5 Å². The van der Waals surface area contributed by atoms with Gasteiger partial charge in [-0.05, 0) is 38.9 Å². The third kappa shape index (κ3) is 4.40. The standard InChI is InChI=1S/C15H33N5/c1-14(2)12-19-6-4-15(13-16,5-7-19)17-20-10-8-18(3)9-11-20/h14,17H,4-13,16H2,1-3H3.